The van der Waals surface area contributed by atoms with Crippen molar-refractivity contribution in [1.29, 1.82) is 0 Å². The SMILES string of the molecule is Cc1ccccc1-c1cc(O)c(C)c(O)c1C. The maximum Gasteiger partial charge on any atom is 0.125 e. The van der Waals surface area contributed by atoms with Gasteiger partial charge < -0.3 is 10.2 Å². The van der Waals surface area contributed by atoms with Gasteiger partial charge in [-0.25, -0.2) is 0 Å². The lowest BCUT2D eigenvalue weighted by Gasteiger charge is -2.13. The molecular weight excluding hydrogens is 212 g/mol. The molecule has 0 spiro atoms. The van der Waals surface area contributed by atoms with Crippen LogP contribution in [-0.2, 0) is 0 Å². The van der Waals surface area contributed by atoms with E-state index in [1.165, 1.54) is 0 Å². The van der Waals surface area contributed by atoms with Crippen molar-refractivity contribution in [2.75, 3.05) is 0 Å². The van der Waals surface area contributed by atoms with E-state index in [0.29, 0.717) is 5.56 Å². The number of benzene rings is 2. The van der Waals surface area contributed by atoms with E-state index >= 15 is 0 Å². The van der Waals surface area contributed by atoms with Crippen LogP contribution < -0.4 is 0 Å². The molecule has 0 saturated carbocycles. The lowest BCUT2D eigenvalue weighted by Crippen LogP contribution is -1.90. The predicted octanol–water partition coefficient (Wildman–Crippen LogP) is 3.69. The molecule has 0 saturated heterocycles. The number of phenols is 2. The van der Waals surface area contributed by atoms with Gasteiger partial charge in [-0.2, -0.15) is 0 Å². The molecule has 2 N–H and O–H groups in total. The minimum Gasteiger partial charge on any atom is -0.508 e. The van der Waals surface area contributed by atoms with E-state index in [4.69, 9.17) is 0 Å². The van der Waals surface area contributed by atoms with Crippen LogP contribution in [0.5, 0.6) is 11.5 Å². The highest BCUT2D eigenvalue weighted by Gasteiger charge is 2.13. The van der Waals surface area contributed by atoms with Crippen molar-refractivity contribution < 1.29 is 10.2 Å². The molecule has 2 aromatic carbocycles. The summed E-state index contributed by atoms with van der Waals surface area (Å²) in [6, 6.07) is 9.65. The van der Waals surface area contributed by atoms with Crippen molar-refractivity contribution in [2.24, 2.45) is 0 Å². The fraction of sp³-hybridized carbons (Fsp3) is 0.200. The van der Waals surface area contributed by atoms with Crippen molar-refractivity contribution >= 4 is 0 Å². The zero-order valence-electron chi connectivity index (χ0n) is 10.3. The fourth-order valence-corrected chi connectivity index (χ4v) is 2.04. The minimum atomic E-state index is 0.131. The monoisotopic (exact) mass is 228 g/mol. The van der Waals surface area contributed by atoms with E-state index in [-0.39, 0.29) is 11.5 Å². The lowest BCUT2D eigenvalue weighted by atomic mass is 9.94. The van der Waals surface area contributed by atoms with Crippen LogP contribution >= 0.6 is 0 Å². The average molecular weight is 228 g/mol. The van der Waals surface area contributed by atoms with Gasteiger partial charge in [-0.15, -0.1) is 0 Å². The number of aromatic hydroxyl groups is 2. The molecule has 17 heavy (non-hydrogen) atoms. The van der Waals surface area contributed by atoms with Crippen LogP contribution in [0.3, 0.4) is 0 Å². The molecule has 2 nitrogen and oxygen atoms in total. The normalized spacial score (nSPS) is 10.5. The Morgan fingerprint density at radius 3 is 2.12 bits per heavy atom. The van der Waals surface area contributed by atoms with E-state index < -0.39 is 0 Å². The van der Waals surface area contributed by atoms with E-state index in [9.17, 15) is 10.2 Å². The molecule has 0 amide bonds. The van der Waals surface area contributed by atoms with Gasteiger partial charge in [0.1, 0.15) is 11.5 Å². The smallest absolute Gasteiger partial charge is 0.125 e. The van der Waals surface area contributed by atoms with E-state index in [2.05, 4.69) is 0 Å². The highest BCUT2D eigenvalue weighted by molar-refractivity contribution is 5.75. The lowest BCUT2D eigenvalue weighted by molar-refractivity contribution is 0.441. The van der Waals surface area contributed by atoms with Crippen LogP contribution in [0.2, 0.25) is 0 Å². The first-order valence-electron chi connectivity index (χ1n) is 5.60. The third-order valence-corrected chi connectivity index (χ3v) is 3.21. The van der Waals surface area contributed by atoms with Gasteiger partial charge >= 0.3 is 0 Å². The van der Waals surface area contributed by atoms with Gasteiger partial charge in [0.05, 0.1) is 0 Å². The molecule has 2 rings (SSSR count). The van der Waals surface area contributed by atoms with Gasteiger partial charge in [-0.1, -0.05) is 24.3 Å². The first-order chi connectivity index (χ1) is 8.02. The molecule has 0 bridgehead atoms. The molecular formula is C15H16O2. The Kier molecular flexibility index (Phi) is 2.80. The first-order valence-corrected chi connectivity index (χ1v) is 5.60. The molecule has 0 atom stereocenters. The topological polar surface area (TPSA) is 40.5 Å². The predicted molar refractivity (Wildman–Crippen MR) is 69.4 cm³/mol. The summed E-state index contributed by atoms with van der Waals surface area (Å²) in [5.74, 6) is 0.301. The summed E-state index contributed by atoms with van der Waals surface area (Å²) in [6.45, 7) is 5.59. The van der Waals surface area contributed by atoms with E-state index in [0.717, 1.165) is 22.3 Å². The standard InChI is InChI=1S/C15H16O2/c1-9-6-4-5-7-12(9)13-8-14(16)11(3)15(17)10(13)2/h4-8,16-17H,1-3H3. The maximum atomic E-state index is 9.96. The van der Waals surface area contributed by atoms with E-state index in [1.54, 1.807) is 13.0 Å². The summed E-state index contributed by atoms with van der Waals surface area (Å²) in [4.78, 5) is 0. The first kappa shape index (κ1) is 11.5. The van der Waals surface area contributed by atoms with Gasteiger partial charge in [-0.3, -0.25) is 0 Å². The van der Waals surface area contributed by atoms with Crippen molar-refractivity contribution in [3.05, 3.63) is 47.0 Å². The second kappa shape index (κ2) is 4.13. The molecule has 0 heterocycles. The average Bonchev–Trinajstić information content (AvgIpc) is 2.32. The Bertz CT molecular complexity index is 571. The number of rotatable bonds is 1. The molecule has 0 aliphatic heterocycles. The van der Waals surface area contributed by atoms with Crippen LogP contribution in [-0.4, -0.2) is 10.2 Å². The highest BCUT2D eigenvalue weighted by atomic mass is 16.3. The van der Waals surface area contributed by atoms with Crippen LogP contribution in [0.15, 0.2) is 30.3 Å². The Morgan fingerprint density at radius 1 is 0.824 bits per heavy atom. The molecule has 0 aromatic heterocycles. The zero-order valence-corrected chi connectivity index (χ0v) is 10.3. The van der Waals surface area contributed by atoms with Crippen LogP contribution in [0.1, 0.15) is 16.7 Å². The molecule has 0 radical (unpaired) electrons. The second-order valence-corrected chi connectivity index (χ2v) is 4.36. The summed E-state index contributed by atoms with van der Waals surface area (Å²) in [7, 11) is 0. The number of hydrogen-bond donors (Lipinski definition) is 2. The summed E-state index contributed by atoms with van der Waals surface area (Å²) in [6.07, 6.45) is 0. The maximum absolute atomic E-state index is 9.96. The molecule has 0 aliphatic rings. The van der Waals surface area contributed by atoms with Crippen molar-refractivity contribution in [3.63, 3.8) is 0 Å². The van der Waals surface area contributed by atoms with Gasteiger partial charge in [0.2, 0.25) is 0 Å². The van der Waals surface area contributed by atoms with Gasteiger partial charge in [0, 0.05) is 5.56 Å². The minimum absolute atomic E-state index is 0.131. The molecule has 2 aromatic rings. The second-order valence-electron chi connectivity index (χ2n) is 4.36. The summed E-state index contributed by atoms with van der Waals surface area (Å²) >= 11 is 0. The molecule has 0 aliphatic carbocycles. The molecule has 0 fully saturated rings. The Labute approximate surface area is 101 Å². The van der Waals surface area contributed by atoms with Crippen LogP contribution in [0.25, 0.3) is 11.1 Å². The summed E-state index contributed by atoms with van der Waals surface area (Å²) < 4.78 is 0. The summed E-state index contributed by atoms with van der Waals surface area (Å²) in [5, 5.41) is 19.8. The largest absolute Gasteiger partial charge is 0.508 e. The Morgan fingerprint density at radius 2 is 1.47 bits per heavy atom. The highest BCUT2D eigenvalue weighted by Crippen LogP contribution is 2.38. The third kappa shape index (κ3) is 1.86. The van der Waals surface area contributed by atoms with Crippen molar-refractivity contribution in [1.82, 2.24) is 0 Å². The fourth-order valence-electron chi connectivity index (χ4n) is 2.04. The van der Waals surface area contributed by atoms with Gasteiger partial charge in [0.15, 0.2) is 0 Å². The quantitative estimate of drug-likeness (QED) is 0.781. The van der Waals surface area contributed by atoms with Gasteiger partial charge in [0.25, 0.3) is 0 Å². The third-order valence-electron chi connectivity index (χ3n) is 3.21. The van der Waals surface area contributed by atoms with Crippen LogP contribution in [0, 0.1) is 20.8 Å². The molecule has 88 valence electrons. The number of hydrogen-bond acceptors (Lipinski definition) is 2. The van der Waals surface area contributed by atoms with Crippen molar-refractivity contribution in [2.45, 2.75) is 20.8 Å². The van der Waals surface area contributed by atoms with Crippen molar-refractivity contribution in [3.8, 4) is 22.6 Å². The van der Waals surface area contributed by atoms with Gasteiger partial charge in [-0.05, 0) is 49.1 Å². The molecule has 0 unspecified atom stereocenters. The summed E-state index contributed by atoms with van der Waals surface area (Å²) in [5.41, 5.74) is 4.37. The number of aryl methyl sites for hydroxylation is 1. The van der Waals surface area contributed by atoms with Crippen LogP contribution in [0.4, 0.5) is 0 Å². The Balaban J connectivity index is 2.73. The number of phenolic OH excluding ortho intramolecular Hbond substituents is 2. The zero-order chi connectivity index (χ0) is 12.6. The Hall–Kier alpha value is -1.96. The van der Waals surface area contributed by atoms with E-state index in [1.807, 2.05) is 38.1 Å². The molecule has 2 heteroatoms.